The van der Waals surface area contributed by atoms with Gasteiger partial charge in [-0.1, -0.05) is 37.6 Å². The van der Waals surface area contributed by atoms with Gasteiger partial charge in [0.05, 0.1) is 17.0 Å². The van der Waals surface area contributed by atoms with Crippen molar-refractivity contribution in [3.05, 3.63) is 70.4 Å². The lowest BCUT2D eigenvalue weighted by Crippen LogP contribution is -2.24. The maximum atomic E-state index is 13.4. The normalized spacial score (nSPS) is 11.6. The standard InChI is InChI=1S/C24H23F3N6OS2/c1-2-3-4-10-29-22(34)19-14-35-20(30-19)15-36-23-32-31-21(16-8-11-28-12-9-16)33(23)18-7-5-6-17(13-18)24(25,26)27/h5-9,11-14H,2-4,10,15H2,1H3,(H,29,34). The maximum Gasteiger partial charge on any atom is 0.416 e. The predicted molar refractivity (Wildman–Crippen MR) is 133 cm³/mol. The number of thioether (sulfide) groups is 1. The first-order valence-electron chi connectivity index (χ1n) is 11.3. The van der Waals surface area contributed by atoms with Crippen LogP contribution in [-0.4, -0.2) is 37.2 Å². The summed E-state index contributed by atoms with van der Waals surface area (Å²) in [6.45, 7) is 2.70. The summed E-state index contributed by atoms with van der Waals surface area (Å²) in [5, 5.41) is 14.2. The largest absolute Gasteiger partial charge is 0.416 e. The summed E-state index contributed by atoms with van der Waals surface area (Å²) in [5.74, 6) is 0.553. The average molecular weight is 533 g/mol. The lowest BCUT2D eigenvalue weighted by Gasteiger charge is -2.13. The van der Waals surface area contributed by atoms with Gasteiger partial charge in [-0.25, -0.2) is 4.98 Å². The number of thiazole rings is 1. The highest BCUT2D eigenvalue weighted by molar-refractivity contribution is 7.98. The predicted octanol–water partition coefficient (Wildman–Crippen LogP) is 6.02. The van der Waals surface area contributed by atoms with Crippen LogP contribution >= 0.6 is 23.1 Å². The van der Waals surface area contributed by atoms with Crippen molar-refractivity contribution in [3.63, 3.8) is 0 Å². The molecule has 0 aliphatic heterocycles. The number of carbonyl (C=O) groups is 1. The Balaban J connectivity index is 1.57. The van der Waals surface area contributed by atoms with Crippen molar-refractivity contribution in [1.82, 2.24) is 30.0 Å². The van der Waals surface area contributed by atoms with Crippen LogP contribution in [-0.2, 0) is 11.9 Å². The second kappa shape index (κ2) is 11.7. The van der Waals surface area contributed by atoms with Gasteiger partial charge in [0.1, 0.15) is 10.7 Å². The van der Waals surface area contributed by atoms with Crippen LogP contribution in [0.3, 0.4) is 0 Å². The van der Waals surface area contributed by atoms with E-state index in [1.807, 2.05) is 0 Å². The van der Waals surface area contributed by atoms with E-state index in [0.717, 1.165) is 31.4 Å². The SMILES string of the molecule is CCCCCNC(=O)c1csc(CSc2nnc(-c3ccncc3)n2-c2cccc(C(F)(F)F)c2)n1. The van der Waals surface area contributed by atoms with Crippen LogP contribution in [0.5, 0.6) is 0 Å². The molecule has 0 radical (unpaired) electrons. The van der Waals surface area contributed by atoms with Crippen molar-refractivity contribution in [2.75, 3.05) is 6.54 Å². The summed E-state index contributed by atoms with van der Waals surface area (Å²) in [4.78, 5) is 20.7. The van der Waals surface area contributed by atoms with E-state index in [2.05, 4.69) is 32.4 Å². The minimum atomic E-state index is -4.48. The first kappa shape index (κ1) is 25.8. The van der Waals surface area contributed by atoms with E-state index >= 15 is 0 Å². The highest BCUT2D eigenvalue weighted by Crippen LogP contribution is 2.34. The number of aromatic nitrogens is 5. The topological polar surface area (TPSA) is 85.6 Å². The monoisotopic (exact) mass is 532 g/mol. The van der Waals surface area contributed by atoms with Crippen LogP contribution in [0.2, 0.25) is 0 Å². The molecule has 1 amide bonds. The van der Waals surface area contributed by atoms with Gasteiger partial charge in [-0.3, -0.25) is 14.3 Å². The first-order chi connectivity index (χ1) is 17.4. The molecule has 0 fully saturated rings. The minimum absolute atomic E-state index is 0.217. The van der Waals surface area contributed by atoms with Gasteiger partial charge in [0, 0.05) is 29.9 Å². The summed E-state index contributed by atoms with van der Waals surface area (Å²) < 4.78 is 41.8. The molecule has 4 rings (SSSR count). The highest BCUT2D eigenvalue weighted by Gasteiger charge is 2.31. The molecule has 188 valence electrons. The molecule has 4 aromatic rings. The number of nitrogens with one attached hydrogen (secondary N) is 1. The van der Waals surface area contributed by atoms with Gasteiger partial charge in [-0.15, -0.1) is 21.5 Å². The fraction of sp³-hybridized carbons (Fsp3) is 0.292. The molecule has 0 saturated heterocycles. The molecule has 3 aromatic heterocycles. The number of hydrogen-bond donors (Lipinski definition) is 1. The Morgan fingerprint density at radius 2 is 1.94 bits per heavy atom. The van der Waals surface area contributed by atoms with Crippen LogP contribution in [0.15, 0.2) is 59.3 Å². The fourth-order valence-corrected chi connectivity index (χ4v) is 5.12. The number of benzene rings is 1. The number of alkyl halides is 3. The molecule has 0 saturated carbocycles. The van der Waals surface area contributed by atoms with Crippen molar-refractivity contribution in [2.24, 2.45) is 0 Å². The Morgan fingerprint density at radius 1 is 1.14 bits per heavy atom. The van der Waals surface area contributed by atoms with Crippen LogP contribution in [0.4, 0.5) is 13.2 Å². The molecule has 1 N–H and O–H groups in total. The third-order valence-electron chi connectivity index (χ3n) is 5.18. The number of hydrogen-bond acceptors (Lipinski definition) is 7. The highest BCUT2D eigenvalue weighted by atomic mass is 32.2. The molecule has 0 spiro atoms. The average Bonchev–Trinajstić information content (AvgIpc) is 3.53. The number of rotatable bonds is 10. The summed E-state index contributed by atoms with van der Waals surface area (Å²) in [5.41, 5.74) is 0.539. The number of halogens is 3. The number of amides is 1. The van der Waals surface area contributed by atoms with Gasteiger partial charge in [0.2, 0.25) is 0 Å². The maximum absolute atomic E-state index is 13.4. The van der Waals surface area contributed by atoms with Gasteiger partial charge >= 0.3 is 6.18 Å². The van der Waals surface area contributed by atoms with Gasteiger partial charge in [0.15, 0.2) is 11.0 Å². The van der Waals surface area contributed by atoms with Gasteiger partial charge < -0.3 is 5.32 Å². The molecular weight excluding hydrogens is 509 g/mol. The first-order valence-corrected chi connectivity index (χ1v) is 13.1. The second-order valence-corrected chi connectivity index (χ2v) is 9.69. The lowest BCUT2D eigenvalue weighted by molar-refractivity contribution is -0.137. The van der Waals surface area contributed by atoms with Crippen molar-refractivity contribution < 1.29 is 18.0 Å². The van der Waals surface area contributed by atoms with Crippen LogP contribution < -0.4 is 5.32 Å². The Labute approximate surface area is 214 Å². The van der Waals surface area contributed by atoms with Crippen LogP contribution in [0.25, 0.3) is 17.1 Å². The van der Waals surface area contributed by atoms with Gasteiger partial charge in [0.25, 0.3) is 5.91 Å². The molecule has 0 atom stereocenters. The van der Waals surface area contributed by atoms with E-state index < -0.39 is 11.7 Å². The molecular formula is C24H23F3N6OS2. The number of nitrogens with zero attached hydrogens (tertiary/aromatic N) is 5. The zero-order chi connectivity index (χ0) is 25.5. The second-order valence-electron chi connectivity index (χ2n) is 7.80. The Morgan fingerprint density at radius 3 is 2.69 bits per heavy atom. The zero-order valence-electron chi connectivity index (χ0n) is 19.3. The minimum Gasteiger partial charge on any atom is -0.351 e. The molecule has 0 aliphatic rings. The van der Waals surface area contributed by atoms with Crippen molar-refractivity contribution in [1.29, 1.82) is 0 Å². The molecule has 0 bridgehead atoms. The zero-order valence-corrected chi connectivity index (χ0v) is 21.0. The van der Waals surface area contributed by atoms with Crippen LogP contribution in [0, 0.1) is 0 Å². The number of unbranched alkanes of at least 4 members (excludes halogenated alkanes) is 2. The van der Waals surface area contributed by atoms with E-state index in [1.54, 1.807) is 40.5 Å². The Kier molecular flexibility index (Phi) is 8.36. The third-order valence-corrected chi connectivity index (χ3v) is 7.15. The van der Waals surface area contributed by atoms with Gasteiger partial charge in [-0.05, 0) is 36.8 Å². The summed E-state index contributed by atoms with van der Waals surface area (Å²) in [7, 11) is 0. The molecule has 3 heterocycles. The van der Waals surface area contributed by atoms with Gasteiger partial charge in [-0.2, -0.15) is 13.2 Å². The van der Waals surface area contributed by atoms with Crippen molar-refractivity contribution in [2.45, 2.75) is 43.3 Å². The smallest absolute Gasteiger partial charge is 0.351 e. The molecule has 1 aromatic carbocycles. The summed E-state index contributed by atoms with van der Waals surface area (Å²) in [6.07, 6.45) is 1.72. The summed E-state index contributed by atoms with van der Waals surface area (Å²) >= 11 is 2.63. The van der Waals surface area contributed by atoms with Crippen LogP contribution in [0.1, 0.15) is 47.2 Å². The molecule has 0 unspecified atom stereocenters. The quantitative estimate of drug-likeness (QED) is 0.199. The summed E-state index contributed by atoms with van der Waals surface area (Å²) in [6, 6.07) is 8.47. The van der Waals surface area contributed by atoms with Crippen molar-refractivity contribution >= 4 is 29.0 Å². The van der Waals surface area contributed by atoms with E-state index in [9.17, 15) is 18.0 Å². The molecule has 36 heavy (non-hydrogen) atoms. The Hall–Kier alpha value is -3.25. The lowest BCUT2D eigenvalue weighted by atomic mass is 10.2. The molecule has 0 aliphatic carbocycles. The van der Waals surface area contributed by atoms with E-state index in [4.69, 9.17) is 0 Å². The molecule has 12 heteroatoms. The fourth-order valence-electron chi connectivity index (χ4n) is 3.38. The number of pyridine rings is 1. The van der Waals surface area contributed by atoms with E-state index in [1.165, 1.54) is 29.2 Å². The van der Waals surface area contributed by atoms with E-state index in [-0.39, 0.29) is 11.6 Å². The third kappa shape index (κ3) is 6.30. The Bertz CT molecular complexity index is 1310. The number of carbonyl (C=O) groups excluding carboxylic acids is 1. The van der Waals surface area contributed by atoms with Crippen molar-refractivity contribution in [3.8, 4) is 17.1 Å². The van der Waals surface area contributed by atoms with E-state index in [0.29, 0.717) is 39.5 Å². The molecule has 7 nitrogen and oxygen atoms in total.